The van der Waals surface area contributed by atoms with Crippen molar-refractivity contribution in [3.05, 3.63) is 35.4 Å². The first-order valence-electron chi connectivity index (χ1n) is 6.86. The van der Waals surface area contributed by atoms with Crippen molar-refractivity contribution in [2.45, 2.75) is 50.7 Å². The van der Waals surface area contributed by atoms with Crippen LogP contribution in [0.3, 0.4) is 0 Å². The van der Waals surface area contributed by atoms with E-state index in [0.29, 0.717) is 0 Å². The van der Waals surface area contributed by atoms with Gasteiger partial charge in [-0.2, -0.15) is 0 Å². The molecule has 0 aliphatic heterocycles. The summed E-state index contributed by atoms with van der Waals surface area (Å²) in [6.45, 7) is 2.20. The summed E-state index contributed by atoms with van der Waals surface area (Å²) in [7, 11) is 1.79. The van der Waals surface area contributed by atoms with Gasteiger partial charge in [0, 0.05) is 7.11 Å². The molecule has 1 aliphatic rings. The average Bonchev–Trinajstić information content (AvgIpc) is 2.35. The molecule has 0 saturated heterocycles. The van der Waals surface area contributed by atoms with Gasteiger partial charge < -0.3 is 4.74 Å². The molecular formula is C15H24N2O. The molecular weight excluding hydrogens is 224 g/mol. The van der Waals surface area contributed by atoms with E-state index in [9.17, 15) is 0 Å². The maximum atomic E-state index is 5.74. The van der Waals surface area contributed by atoms with Crippen molar-refractivity contribution < 1.29 is 4.74 Å². The van der Waals surface area contributed by atoms with Crippen LogP contribution >= 0.6 is 0 Å². The fourth-order valence-corrected chi connectivity index (χ4v) is 2.85. The quantitative estimate of drug-likeness (QED) is 0.601. The second-order valence-electron chi connectivity index (χ2n) is 5.21. The molecule has 1 aromatic carbocycles. The maximum Gasteiger partial charge on any atom is 0.0885 e. The zero-order valence-electron chi connectivity index (χ0n) is 11.4. The number of benzene rings is 1. The predicted octanol–water partition coefficient (Wildman–Crippen LogP) is 2.71. The maximum absolute atomic E-state index is 5.74. The van der Waals surface area contributed by atoms with Crippen LogP contribution in [-0.4, -0.2) is 12.7 Å². The summed E-state index contributed by atoms with van der Waals surface area (Å²) in [5, 5.41) is 0. The third-order valence-corrected chi connectivity index (χ3v) is 4.15. The van der Waals surface area contributed by atoms with Crippen LogP contribution in [0.2, 0.25) is 0 Å². The third kappa shape index (κ3) is 2.44. The number of hydrazine groups is 1. The zero-order valence-corrected chi connectivity index (χ0v) is 11.4. The van der Waals surface area contributed by atoms with E-state index in [1.165, 1.54) is 24.0 Å². The molecule has 1 saturated carbocycles. The van der Waals surface area contributed by atoms with Crippen molar-refractivity contribution in [1.82, 2.24) is 5.43 Å². The van der Waals surface area contributed by atoms with Crippen LogP contribution < -0.4 is 11.3 Å². The van der Waals surface area contributed by atoms with Crippen LogP contribution in [0, 0.1) is 0 Å². The molecule has 1 unspecified atom stereocenters. The van der Waals surface area contributed by atoms with Crippen LogP contribution in [0.4, 0.5) is 0 Å². The second-order valence-corrected chi connectivity index (χ2v) is 5.21. The van der Waals surface area contributed by atoms with Gasteiger partial charge in [-0.25, -0.2) is 0 Å². The molecule has 0 radical (unpaired) electrons. The number of aryl methyl sites for hydroxylation is 1. The number of rotatable bonds is 6. The highest BCUT2D eigenvalue weighted by molar-refractivity contribution is 5.28. The standard InChI is InChI=1S/C15H24N2O/c1-3-5-12-6-8-13(9-7-12)14(17-16)15(18-2)10-4-11-15/h6-9,14,17H,3-5,10-11,16H2,1-2H3. The van der Waals surface area contributed by atoms with Crippen molar-refractivity contribution in [1.29, 1.82) is 0 Å². The summed E-state index contributed by atoms with van der Waals surface area (Å²) in [6, 6.07) is 8.84. The van der Waals surface area contributed by atoms with Crippen molar-refractivity contribution in [3.63, 3.8) is 0 Å². The number of methoxy groups -OCH3 is 1. The third-order valence-electron chi connectivity index (χ3n) is 4.15. The Bertz CT molecular complexity index is 365. The van der Waals surface area contributed by atoms with Gasteiger partial charge in [-0.15, -0.1) is 0 Å². The molecule has 100 valence electrons. The van der Waals surface area contributed by atoms with E-state index in [0.717, 1.165) is 19.3 Å². The number of nitrogens with two attached hydrogens (primary N) is 1. The first-order chi connectivity index (χ1) is 8.75. The molecule has 2 rings (SSSR count). The monoisotopic (exact) mass is 248 g/mol. The molecule has 1 atom stereocenters. The van der Waals surface area contributed by atoms with Crippen LogP contribution in [0.5, 0.6) is 0 Å². The summed E-state index contributed by atoms with van der Waals surface area (Å²) in [5.74, 6) is 5.74. The molecule has 3 nitrogen and oxygen atoms in total. The fourth-order valence-electron chi connectivity index (χ4n) is 2.85. The van der Waals surface area contributed by atoms with E-state index in [1.54, 1.807) is 7.11 Å². The first-order valence-corrected chi connectivity index (χ1v) is 6.86. The summed E-state index contributed by atoms with van der Waals surface area (Å²) in [6.07, 6.45) is 5.69. The molecule has 3 heteroatoms. The van der Waals surface area contributed by atoms with Crippen molar-refractivity contribution >= 4 is 0 Å². The number of nitrogens with one attached hydrogen (secondary N) is 1. The Morgan fingerprint density at radius 2 is 2.00 bits per heavy atom. The summed E-state index contributed by atoms with van der Waals surface area (Å²) >= 11 is 0. The molecule has 1 aliphatic carbocycles. The van der Waals surface area contributed by atoms with E-state index in [-0.39, 0.29) is 11.6 Å². The van der Waals surface area contributed by atoms with Gasteiger partial charge >= 0.3 is 0 Å². The van der Waals surface area contributed by atoms with Crippen molar-refractivity contribution in [2.24, 2.45) is 5.84 Å². The lowest BCUT2D eigenvalue weighted by molar-refractivity contribution is -0.0999. The molecule has 0 spiro atoms. The largest absolute Gasteiger partial charge is 0.376 e. The Kier molecular flexibility index (Phi) is 4.38. The fraction of sp³-hybridized carbons (Fsp3) is 0.600. The Morgan fingerprint density at radius 3 is 2.39 bits per heavy atom. The molecule has 18 heavy (non-hydrogen) atoms. The topological polar surface area (TPSA) is 47.3 Å². The highest BCUT2D eigenvalue weighted by atomic mass is 16.5. The average molecular weight is 248 g/mol. The molecule has 1 fully saturated rings. The minimum absolute atomic E-state index is 0.0897. The van der Waals surface area contributed by atoms with Gasteiger partial charge in [0.2, 0.25) is 0 Å². The highest BCUT2D eigenvalue weighted by Gasteiger charge is 2.44. The molecule has 3 N–H and O–H groups in total. The van der Waals surface area contributed by atoms with E-state index >= 15 is 0 Å². The van der Waals surface area contributed by atoms with Gasteiger partial charge in [0.25, 0.3) is 0 Å². The lowest BCUT2D eigenvalue weighted by atomic mass is 9.72. The smallest absolute Gasteiger partial charge is 0.0885 e. The minimum atomic E-state index is -0.110. The summed E-state index contributed by atoms with van der Waals surface area (Å²) < 4.78 is 5.72. The number of hydrogen-bond donors (Lipinski definition) is 2. The molecule has 0 bridgehead atoms. The summed E-state index contributed by atoms with van der Waals surface area (Å²) in [5.41, 5.74) is 5.44. The molecule has 1 aromatic rings. The van der Waals surface area contributed by atoms with Gasteiger partial charge in [-0.3, -0.25) is 11.3 Å². The van der Waals surface area contributed by atoms with E-state index in [2.05, 4.69) is 36.6 Å². The van der Waals surface area contributed by atoms with Crippen LogP contribution in [0.15, 0.2) is 24.3 Å². The van der Waals surface area contributed by atoms with Crippen LogP contribution in [0.1, 0.15) is 49.8 Å². The lowest BCUT2D eigenvalue weighted by Crippen LogP contribution is -2.52. The number of hydrogen-bond acceptors (Lipinski definition) is 3. The SMILES string of the molecule is CCCc1ccc(C(NN)C2(OC)CCC2)cc1. The first kappa shape index (κ1) is 13.5. The van der Waals surface area contributed by atoms with E-state index < -0.39 is 0 Å². The van der Waals surface area contributed by atoms with Gasteiger partial charge in [-0.1, -0.05) is 37.6 Å². The zero-order chi connectivity index (χ0) is 13.0. The highest BCUT2D eigenvalue weighted by Crippen LogP contribution is 2.44. The molecule has 0 aromatic heterocycles. The molecule has 0 heterocycles. The van der Waals surface area contributed by atoms with Crippen molar-refractivity contribution in [2.75, 3.05) is 7.11 Å². The summed E-state index contributed by atoms with van der Waals surface area (Å²) in [4.78, 5) is 0. The van der Waals surface area contributed by atoms with Crippen LogP contribution in [0.25, 0.3) is 0 Å². The number of ether oxygens (including phenoxy) is 1. The van der Waals surface area contributed by atoms with Gasteiger partial charge in [-0.05, 0) is 36.8 Å². The predicted molar refractivity (Wildman–Crippen MR) is 74.1 cm³/mol. The lowest BCUT2D eigenvalue weighted by Gasteiger charge is -2.46. The Balaban J connectivity index is 2.17. The Hall–Kier alpha value is -0.900. The van der Waals surface area contributed by atoms with E-state index in [1.807, 2.05) is 0 Å². The second kappa shape index (κ2) is 5.83. The van der Waals surface area contributed by atoms with Gasteiger partial charge in [0.1, 0.15) is 0 Å². The van der Waals surface area contributed by atoms with Crippen LogP contribution in [-0.2, 0) is 11.2 Å². The Morgan fingerprint density at radius 1 is 1.33 bits per heavy atom. The molecule has 0 amide bonds. The van der Waals surface area contributed by atoms with Gasteiger partial charge in [0.15, 0.2) is 0 Å². The Labute approximate surface area is 110 Å². The normalized spacial score (nSPS) is 19.3. The van der Waals surface area contributed by atoms with E-state index in [4.69, 9.17) is 10.6 Å². The van der Waals surface area contributed by atoms with Gasteiger partial charge in [0.05, 0.1) is 11.6 Å². The van der Waals surface area contributed by atoms with Crippen molar-refractivity contribution in [3.8, 4) is 0 Å². The minimum Gasteiger partial charge on any atom is -0.376 e.